The van der Waals surface area contributed by atoms with Gasteiger partial charge in [-0.2, -0.15) is 0 Å². The first-order valence-electron chi connectivity index (χ1n) is 12.5. The normalized spacial score (nSPS) is 10.5. The molecular formula is C29H30O12. The van der Waals surface area contributed by atoms with Gasteiger partial charge in [0.1, 0.15) is 37.9 Å². The zero-order valence-corrected chi connectivity index (χ0v) is 22.0. The van der Waals surface area contributed by atoms with E-state index in [0.29, 0.717) is 17.2 Å². The molecule has 0 atom stereocenters. The van der Waals surface area contributed by atoms with Gasteiger partial charge in [0.25, 0.3) is 0 Å². The maximum Gasteiger partial charge on any atom is 0.335 e. The van der Waals surface area contributed by atoms with Gasteiger partial charge in [-0.15, -0.1) is 0 Å². The molecule has 12 nitrogen and oxygen atoms in total. The van der Waals surface area contributed by atoms with E-state index in [1.165, 1.54) is 42.5 Å². The average Bonchev–Trinajstić information content (AvgIpc) is 2.97. The van der Waals surface area contributed by atoms with Crippen molar-refractivity contribution in [2.45, 2.75) is 0 Å². The first-order valence-corrected chi connectivity index (χ1v) is 12.5. The van der Waals surface area contributed by atoms with E-state index >= 15 is 0 Å². The van der Waals surface area contributed by atoms with Gasteiger partial charge in [0, 0.05) is 0 Å². The summed E-state index contributed by atoms with van der Waals surface area (Å²) in [6, 6.07) is 16.3. The first kappa shape index (κ1) is 30.7. The Kier molecular flexibility index (Phi) is 12.2. The summed E-state index contributed by atoms with van der Waals surface area (Å²) in [7, 11) is 0. The van der Waals surface area contributed by atoms with Crippen LogP contribution in [0.25, 0.3) is 0 Å². The number of hydrogen-bond donors (Lipinski definition) is 3. The van der Waals surface area contributed by atoms with Gasteiger partial charge in [-0.25, -0.2) is 14.4 Å². The standard InChI is InChI=1S/C29H30O12/c30-27(31)20-1-6-23(7-2-20)38-15-11-36-13-17-40-25-10-5-22(29(34)35)19-26(25)41-18-14-37-12-16-39-24-8-3-21(4-9-24)28(32)33/h1-10,19H,11-18H2,(H,30,31)(H,32,33)(H,34,35). The van der Waals surface area contributed by atoms with Crippen LogP contribution in [0.3, 0.4) is 0 Å². The van der Waals surface area contributed by atoms with E-state index in [9.17, 15) is 19.5 Å². The van der Waals surface area contributed by atoms with Crippen LogP contribution in [0.1, 0.15) is 31.1 Å². The lowest BCUT2D eigenvalue weighted by Gasteiger charge is -2.14. The second kappa shape index (κ2) is 16.3. The number of carbonyl (C=O) groups is 3. The third-order valence-corrected chi connectivity index (χ3v) is 5.36. The van der Waals surface area contributed by atoms with Crippen molar-refractivity contribution in [2.24, 2.45) is 0 Å². The largest absolute Gasteiger partial charge is 0.491 e. The van der Waals surface area contributed by atoms with Gasteiger partial charge in [0.2, 0.25) is 0 Å². The smallest absolute Gasteiger partial charge is 0.335 e. The molecule has 41 heavy (non-hydrogen) atoms. The van der Waals surface area contributed by atoms with Gasteiger partial charge in [0.05, 0.1) is 43.1 Å². The molecule has 0 bridgehead atoms. The van der Waals surface area contributed by atoms with Crippen molar-refractivity contribution in [1.29, 1.82) is 0 Å². The highest BCUT2D eigenvalue weighted by molar-refractivity contribution is 5.89. The third kappa shape index (κ3) is 10.7. The summed E-state index contributed by atoms with van der Waals surface area (Å²) >= 11 is 0. The summed E-state index contributed by atoms with van der Waals surface area (Å²) in [6.45, 7) is 1.81. The molecule has 0 aromatic heterocycles. The highest BCUT2D eigenvalue weighted by atomic mass is 16.6. The zero-order chi connectivity index (χ0) is 29.5. The highest BCUT2D eigenvalue weighted by Crippen LogP contribution is 2.28. The third-order valence-electron chi connectivity index (χ3n) is 5.36. The molecule has 3 aromatic rings. The summed E-state index contributed by atoms with van der Waals surface area (Å²) in [6.07, 6.45) is 0. The zero-order valence-electron chi connectivity index (χ0n) is 22.0. The van der Waals surface area contributed by atoms with Gasteiger partial charge < -0.3 is 43.7 Å². The lowest BCUT2D eigenvalue weighted by molar-refractivity contribution is 0.0676. The van der Waals surface area contributed by atoms with Crippen molar-refractivity contribution in [3.05, 3.63) is 83.4 Å². The van der Waals surface area contributed by atoms with E-state index in [2.05, 4.69) is 0 Å². The van der Waals surface area contributed by atoms with Crippen molar-refractivity contribution in [3.63, 3.8) is 0 Å². The summed E-state index contributed by atoms with van der Waals surface area (Å²) in [4.78, 5) is 33.1. The Bertz CT molecular complexity index is 1270. The van der Waals surface area contributed by atoms with Crippen molar-refractivity contribution in [2.75, 3.05) is 52.9 Å². The summed E-state index contributed by atoms with van der Waals surface area (Å²) < 4.78 is 33.4. The van der Waals surface area contributed by atoms with Crippen LogP contribution in [0.4, 0.5) is 0 Å². The lowest BCUT2D eigenvalue weighted by Crippen LogP contribution is -2.14. The van der Waals surface area contributed by atoms with Gasteiger partial charge in [-0.3, -0.25) is 0 Å². The predicted molar refractivity (Wildman–Crippen MR) is 144 cm³/mol. The van der Waals surface area contributed by atoms with Gasteiger partial charge in [-0.05, 0) is 66.7 Å². The van der Waals surface area contributed by atoms with Crippen LogP contribution in [0.2, 0.25) is 0 Å². The number of hydrogen-bond acceptors (Lipinski definition) is 9. The maximum atomic E-state index is 11.4. The molecule has 3 aromatic carbocycles. The van der Waals surface area contributed by atoms with Crippen molar-refractivity contribution in [3.8, 4) is 23.0 Å². The molecule has 0 unspecified atom stereocenters. The van der Waals surface area contributed by atoms with Crippen molar-refractivity contribution in [1.82, 2.24) is 0 Å². The summed E-state index contributed by atoms with van der Waals surface area (Å²) in [5.74, 6) is -1.48. The molecule has 0 saturated carbocycles. The number of ether oxygens (including phenoxy) is 6. The van der Waals surface area contributed by atoms with Gasteiger partial charge >= 0.3 is 17.9 Å². The molecule has 0 amide bonds. The Morgan fingerprint density at radius 1 is 0.439 bits per heavy atom. The predicted octanol–water partition coefficient (Wildman–Crippen LogP) is 3.73. The Morgan fingerprint density at radius 3 is 1.22 bits per heavy atom. The van der Waals surface area contributed by atoms with E-state index in [1.807, 2.05) is 0 Å². The summed E-state index contributed by atoms with van der Waals surface area (Å²) in [5, 5.41) is 27.1. The Labute approximate surface area is 235 Å². The van der Waals surface area contributed by atoms with Gasteiger partial charge in [0.15, 0.2) is 11.5 Å². The molecule has 0 saturated heterocycles. The van der Waals surface area contributed by atoms with E-state index < -0.39 is 17.9 Å². The number of aromatic carboxylic acids is 3. The molecule has 0 aliphatic carbocycles. The van der Waals surface area contributed by atoms with E-state index in [1.54, 1.807) is 24.3 Å². The average molecular weight is 571 g/mol. The fourth-order valence-electron chi connectivity index (χ4n) is 3.32. The molecule has 3 rings (SSSR count). The van der Waals surface area contributed by atoms with E-state index in [-0.39, 0.29) is 75.3 Å². The Morgan fingerprint density at radius 2 is 0.805 bits per heavy atom. The number of benzene rings is 3. The Balaban J connectivity index is 1.33. The van der Waals surface area contributed by atoms with E-state index in [4.69, 9.17) is 38.6 Å². The van der Waals surface area contributed by atoms with Crippen LogP contribution in [0, 0.1) is 0 Å². The van der Waals surface area contributed by atoms with Crippen LogP contribution >= 0.6 is 0 Å². The molecule has 218 valence electrons. The number of carboxylic acid groups (broad SMARTS) is 3. The molecule has 0 spiro atoms. The quantitative estimate of drug-likeness (QED) is 0.179. The summed E-state index contributed by atoms with van der Waals surface area (Å²) in [5.41, 5.74) is 0.384. The van der Waals surface area contributed by atoms with Crippen molar-refractivity contribution < 1.29 is 58.1 Å². The first-order chi connectivity index (χ1) is 19.8. The van der Waals surface area contributed by atoms with Crippen LogP contribution in [0.5, 0.6) is 23.0 Å². The van der Waals surface area contributed by atoms with Gasteiger partial charge in [-0.1, -0.05) is 0 Å². The Hall–Kier alpha value is -4.81. The topological polar surface area (TPSA) is 167 Å². The lowest BCUT2D eigenvalue weighted by atomic mass is 10.2. The highest BCUT2D eigenvalue weighted by Gasteiger charge is 2.11. The minimum Gasteiger partial charge on any atom is -0.491 e. The SMILES string of the molecule is O=C(O)c1ccc(OCCOCCOc2ccc(C(=O)O)cc2OCCOCCOc2ccc(C(=O)O)cc2)cc1. The molecule has 0 aliphatic heterocycles. The molecular weight excluding hydrogens is 540 g/mol. The molecule has 0 aliphatic rings. The number of rotatable bonds is 19. The molecule has 0 heterocycles. The second-order valence-electron chi connectivity index (χ2n) is 8.24. The molecule has 0 fully saturated rings. The monoisotopic (exact) mass is 570 g/mol. The fourth-order valence-corrected chi connectivity index (χ4v) is 3.32. The molecule has 12 heteroatoms. The van der Waals surface area contributed by atoms with Crippen LogP contribution < -0.4 is 18.9 Å². The minimum absolute atomic E-state index is 0.0420. The fraction of sp³-hybridized carbons (Fsp3) is 0.276. The second-order valence-corrected chi connectivity index (χ2v) is 8.24. The molecule has 3 N–H and O–H groups in total. The van der Waals surface area contributed by atoms with E-state index in [0.717, 1.165) is 0 Å². The maximum absolute atomic E-state index is 11.4. The van der Waals surface area contributed by atoms with Crippen LogP contribution in [-0.2, 0) is 9.47 Å². The molecule has 0 radical (unpaired) electrons. The van der Waals surface area contributed by atoms with Crippen LogP contribution in [-0.4, -0.2) is 86.1 Å². The number of carboxylic acids is 3. The van der Waals surface area contributed by atoms with Crippen LogP contribution in [0.15, 0.2) is 66.7 Å². The van der Waals surface area contributed by atoms with Crippen molar-refractivity contribution >= 4 is 17.9 Å². The minimum atomic E-state index is -1.10.